The number of allylic oxidation sites excluding steroid dienone is 2. The van der Waals surface area contributed by atoms with Gasteiger partial charge in [-0.3, -0.25) is 20.2 Å². The Labute approximate surface area is 130 Å². The van der Waals surface area contributed by atoms with Crippen LogP contribution in [0.15, 0.2) is 23.4 Å². The molecule has 3 aliphatic rings. The highest BCUT2D eigenvalue weighted by atomic mass is 16.6. The molecule has 0 bridgehead atoms. The molecule has 2 fully saturated rings. The first-order valence-electron chi connectivity index (χ1n) is 8.03. The predicted octanol–water partition coefficient (Wildman–Crippen LogP) is 1.51. The van der Waals surface area contributed by atoms with Gasteiger partial charge < -0.3 is 4.90 Å². The van der Waals surface area contributed by atoms with Gasteiger partial charge in [0.05, 0.1) is 5.70 Å². The number of nitrogens with one attached hydrogen (secondary N) is 1. The molecule has 2 aliphatic carbocycles. The van der Waals surface area contributed by atoms with Crippen LogP contribution >= 0.6 is 0 Å². The molecule has 0 aromatic rings. The summed E-state index contributed by atoms with van der Waals surface area (Å²) in [7, 11) is 1.66. The Morgan fingerprint density at radius 2 is 2.05 bits per heavy atom. The van der Waals surface area contributed by atoms with Crippen molar-refractivity contribution in [3.8, 4) is 0 Å². The van der Waals surface area contributed by atoms with Gasteiger partial charge in [0, 0.05) is 23.9 Å². The van der Waals surface area contributed by atoms with Gasteiger partial charge in [-0.1, -0.05) is 6.08 Å². The summed E-state index contributed by atoms with van der Waals surface area (Å²) in [6, 6.07) is -1.03. The minimum absolute atomic E-state index is 0.0298. The van der Waals surface area contributed by atoms with Gasteiger partial charge in [-0.2, -0.15) is 0 Å². The maximum atomic E-state index is 12.8. The van der Waals surface area contributed by atoms with Crippen molar-refractivity contribution in [2.75, 3.05) is 20.1 Å². The summed E-state index contributed by atoms with van der Waals surface area (Å²) in [6.07, 6.45) is 7.40. The monoisotopic (exact) mass is 305 g/mol. The second kappa shape index (κ2) is 5.50. The first kappa shape index (κ1) is 15.2. The van der Waals surface area contributed by atoms with E-state index in [0.29, 0.717) is 5.70 Å². The number of likely N-dealkylation sites (N-methyl/N-ethyl adjacent to an activating group) is 1. The van der Waals surface area contributed by atoms with E-state index in [1.54, 1.807) is 13.1 Å². The topological polar surface area (TPSA) is 75.5 Å². The van der Waals surface area contributed by atoms with Crippen LogP contribution < -0.4 is 5.32 Å². The second-order valence-corrected chi connectivity index (χ2v) is 6.54. The smallest absolute Gasteiger partial charge is 0.281 e. The predicted molar refractivity (Wildman–Crippen MR) is 83.0 cm³/mol. The van der Waals surface area contributed by atoms with Gasteiger partial charge in [0.1, 0.15) is 0 Å². The molecule has 22 heavy (non-hydrogen) atoms. The quantitative estimate of drug-likeness (QED) is 0.615. The zero-order valence-corrected chi connectivity index (χ0v) is 13.2. The Morgan fingerprint density at radius 1 is 1.41 bits per heavy atom. The number of nitrogens with zero attached hydrogens (tertiary/aromatic N) is 2. The highest BCUT2D eigenvalue weighted by molar-refractivity contribution is 5.95. The average Bonchev–Trinajstić information content (AvgIpc) is 3.21. The molecule has 1 heterocycles. The zero-order valence-electron chi connectivity index (χ0n) is 13.2. The molecule has 1 N–H and O–H groups in total. The van der Waals surface area contributed by atoms with Crippen molar-refractivity contribution < 1.29 is 9.72 Å². The molecule has 0 amide bonds. The van der Waals surface area contributed by atoms with E-state index in [9.17, 15) is 14.9 Å². The van der Waals surface area contributed by atoms with Gasteiger partial charge in [0.2, 0.25) is 0 Å². The highest BCUT2D eigenvalue weighted by Gasteiger charge is 2.58. The molecule has 0 radical (unpaired) electrons. The summed E-state index contributed by atoms with van der Waals surface area (Å²) >= 11 is 0. The van der Waals surface area contributed by atoms with E-state index in [4.69, 9.17) is 0 Å². The Kier molecular flexibility index (Phi) is 3.80. The van der Waals surface area contributed by atoms with Crippen LogP contribution in [-0.2, 0) is 4.79 Å². The SMILES string of the molecule is CNC1(C(=O)C2CC2)C=CC(C)=C(N2CCCC2)C1[N+](=O)[O-]. The number of rotatable bonds is 5. The Morgan fingerprint density at radius 3 is 2.55 bits per heavy atom. The van der Waals surface area contributed by atoms with E-state index < -0.39 is 11.6 Å². The summed E-state index contributed by atoms with van der Waals surface area (Å²) in [5.74, 6) is -0.0602. The number of hydrogen-bond donors (Lipinski definition) is 1. The van der Waals surface area contributed by atoms with Crippen molar-refractivity contribution in [3.05, 3.63) is 33.5 Å². The lowest BCUT2D eigenvalue weighted by molar-refractivity contribution is -0.521. The van der Waals surface area contributed by atoms with E-state index in [1.165, 1.54) is 0 Å². The first-order chi connectivity index (χ1) is 10.5. The van der Waals surface area contributed by atoms with Crippen LogP contribution in [0.3, 0.4) is 0 Å². The van der Waals surface area contributed by atoms with Crippen LogP contribution in [0.2, 0.25) is 0 Å². The lowest BCUT2D eigenvalue weighted by Crippen LogP contribution is -2.64. The van der Waals surface area contributed by atoms with Gasteiger partial charge in [0.25, 0.3) is 6.04 Å². The van der Waals surface area contributed by atoms with Gasteiger partial charge in [-0.05, 0) is 51.3 Å². The minimum Gasteiger partial charge on any atom is -0.369 e. The van der Waals surface area contributed by atoms with Gasteiger partial charge in [0.15, 0.2) is 11.3 Å². The van der Waals surface area contributed by atoms with E-state index in [2.05, 4.69) is 10.2 Å². The molecule has 2 unspecified atom stereocenters. The third-order valence-electron chi connectivity index (χ3n) is 5.12. The average molecular weight is 305 g/mol. The Balaban J connectivity index is 2.06. The summed E-state index contributed by atoms with van der Waals surface area (Å²) in [5, 5.41) is 14.9. The summed E-state index contributed by atoms with van der Waals surface area (Å²) in [6.45, 7) is 3.58. The van der Waals surface area contributed by atoms with E-state index >= 15 is 0 Å². The third-order valence-corrected chi connectivity index (χ3v) is 5.12. The number of carbonyl (C=O) groups excluding carboxylic acids is 1. The highest BCUT2D eigenvalue weighted by Crippen LogP contribution is 2.40. The van der Waals surface area contributed by atoms with Crippen LogP contribution in [0.5, 0.6) is 0 Å². The van der Waals surface area contributed by atoms with Crippen LogP contribution in [0, 0.1) is 16.0 Å². The van der Waals surface area contributed by atoms with Crippen molar-refractivity contribution in [2.45, 2.75) is 44.2 Å². The number of nitro groups is 1. The third kappa shape index (κ3) is 2.26. The Hall–Kier alpha value is -1.69. The summed E-state index contributed by atoms with van der Waals surface area (Å²) < 4.78 is 0. The molecule has 3 rings (SSSR count). The fraction of sp³-hybridized carbons (Fsp3) is 0.688. The number of ketones is 1. The molecule has 1 saturated heterocycles. The molecule has 2 atom stereocenters. The normalized spacial score (nSPS) is 31.7. The fourth-order valence-electron chi connectivity index (χ4n) is 3.75. The molecule has 6 nitrogen and oxygen atoms in total. The largest absolute Gasteiger partial charge is 0.369 e. The van der Waals surface area contributed by atoms with Gasteiger partial charge in [-0.25, -0.2) is 0 Å². The summed E-state index contributed by atoms with van der Waals surface area (Å²) in [4.78, 5) is 26.6. The van der Waals surface area contributed by atoms with Gasteiger partial charge >= 0.3 is 0 Å². The summed E-state index contributed by atoms with van der Waals surface area (Å²) in [5.41, 5.74) is 0.411. The number of hydrogen-bond acceptors (Lipinski definition) is 5. The lowest BCUT2D eigenvalue weighted by Gasteiger charge is -2.38. The standard InChI is InChI=1S/C16H23N3O3/c1-11-7-8-16(17-2,15(20)12-5-6-12)14(19(21)22)13(11)18-9-3-4-10-18/h7-8,12,14,17H,3-6,9-10H2,1-2H3. The lowest BCUT2D eigenvalue weighted by atomic mass is 9.77. The van der Waals surface area contributed by atoms with Crippen LogP contribution in [0.25, 0.3) is 0 Å². The molecule has 6 heteroatoms. The molecule has 120 valence electrons. The van der Waals surface area contributed by atoms with Crippen molar-refractivity contribution in [2.24, 2.45) is 5.92 Å². The van der Waals surface area contributed by atoms with Crippen LogP contribution in [0.1, 0.15) is 32.6 Å². The zero-order chi connectivity index (χ0) is 15.9. The van der Waals surface area contributed by atoms with Crippen LogP contribution in [-0.4, -0.2) is 47.3 Å². The van der Waals surface area contributed by atoms with Crippen molar-refractivity contribution >= 4 is 5.78 Å². The second-order valence-electron chi connectivity index (χ2n) is 6.54. The molecule has 1 aliphatic heterocycles. The fourth-order valence-corrected chi connectivity index (χ4v) is 3.75. The molecule has 0 spiro atoms. The molecule has 0 aromatic carbocycles. The molecule has 0 aromatic heterocycles. The van der Waals surface area contributed by atoms with Crippen molar-refractivity contribution in [1.82, 2.24) is 10.2 Å². The number of Topliss-reactive ketones (excluding diaryl/α,β-unsaturated/α-hetero) is 1. The van der Waals surface area contributed by atoms with Crippen molar-refractivity contribution in [1.29, 1.82) is 0 Å². The van der Waals surface area contributed by atoms with E-state index in [1.807, 2.05) is 13.0 Å². The minimum atomic E-state index is -1.21. The van der Waals surface area contributed by atoms with Gasteiger partial charge in [-0.15, -0.1) is 0 Å². The maximum Gasteiger partial charge on any atom is 0.281 e. The first-order valence-corrected chi connectivity index (χ1v) is 8.03. The molecule has 1 saturated carbocycles. The van der Waals surface area contributed by atoms with Crippen molar-refractivity contribution in [3.63, 3.8) is 0 Å². The van der Waals surface area contributed by atoms with Crippen LogP contribution in [0.4, 0.5) is 0 Å². The molecular weight excluding hydrogens is 282 g/mol. The molecular formula is C16H23N3O3. The number of carbonyl (C=O) groups is 1. The maximum absolute atomic E-state index is 12.8. The van der Waals surface area contributed by atoms with E-state index in [0.717, 1.165) is 44.3 Å². The Bertz CT molecular complexity index is 559. The number of likely N-dealkylation sites (tertiary alicyclic amines) is 1. The van der Waals surface area contributed by atoms with E-state index in [-0.39, 0.29) is 16.6 Å².